The maximum atomic E-state index is 10.6. The fraction of sp³-hybridized carbons (Fsp3) is 0.333. The first-order chi connectivity index (χ1) is 4.13. The second kappa shape index (κ2) is 3.78. The summed E-state index contributed by atoms with van der Waals surface area (Å²) in [5.74, 6) is -0.532. The standard InChI is InChI=1S/C6H7NO2.K.H/c1-3-4(2)6(9)7-5(3)8;;/h1-2H3,(H,7,8,9);;. The number of hydrogen-bond acceptors (Lipinski definition) is 2. The van der Waals surface area contributed by atoms with E-state index in [1.54, 1.807) is 13.8 Å². The minimum absolute atomic E-state index is 0. The van der Waals surface area contributed by atoms with Crippen LogP contribution in [0.2, 0.25) is 0 Å². The van der Waals surface area contributed by atoms with E-state index in [4.69, 9.17) is 0 Å². The third kappa shape index (κ3) is 1.76. The van der Waals surface area contributed by atoms with E-state index in [1.165, 1.54) is 0 Å². The minimum atomic E-state index is -0.266. The monoisotopic (exact) mass is 165 g/mol. The molecular formula is C6H8KNO2. The van der Waals surface area contributed by atoms with E-state index in [1.807, 2.05) is 0 Å². The molecule has 0 aromatic heterocycles. The number of hydrogen-bond donors (Lipinski definition) is 1. The Morgan fingerprint density at radius 2 is 1.30 bits per heavy atom. The van der Waals surface area contributed by atoms with E-state index in [0.29, 0.717) is 11.1 Å². The zero-order valence-electron chi connectivity index (χ0n) is 5.32. The van der Waals surface area contributed by atoms with Crippen molar-refractivity contribution in [2.45, 2.75) is 13.8 Å². The summed E-state index contributed by atoms with van der Waals surface area (Å²) >= 11 is 0. The Balaban J connectivity index is 0.000000810. The summed E-state index contributed by atoms with van der Waals surface area (Å²) in [6.07, 6.45) is 0. The molecule has 0 bridgehead atoms. The van der Waals surface area contributed by atoms with Gasteiger partial charge in [0.2, 0.25) is 0 Å². The quantitative estimate of drug-likeness (QED) is 0.382. The van der Waals surface area contributed by atoms with Gasteiger partial charge in [-0.2, -0.15) is 0 Å². The van der Waals surface area contributed by atoms with Crippen molar-refractivity contribution in [3.05, 3.63) is 11.1 Å². The van der Waals surface area contributed by atoms with Crippen molar-refractivity contribution in [1.29, 1.82) is 0 Å². The van der Waals surface area contributed by atoms with Crippen LogP contribution in [0.15, 0.2) is 11.1 Å². The second-order valence-corrected chi connectivity index (χ2v) is 2.03. The average Bonchev–Trinajstić information content (AvgIpc) is 1.98. The first kappa shape index (κ1) is 10.5. The molecule has 0 aromatic rings. The molecule has 0 fully saturated rings. The van der Waals surface area contributed by atoms with Gasteiger partial charge >= 0.3 is 51.4 Å². The molecule has 50 valence electrons. The van der Waals surface area contributed by atoms with Crippen LogP contribution in [0.1, 0.15) is 13.8 Å². The topological polar surface area (TPSA) is 46.2 Å². The van der Waals surface area contributed by atoms with Crippen LogP contribution < -0.4 is 5.32 Å². The van der Waals surface area contributed by atoms with Crippen LogP contribution in [0.25, 0.3) is 0 Å². The average molecular weight is 165 g/mol. The van der Waals surface area contributed by atoms with Crippen molar-refractivity contribution in [3.8, 4) is 0 Å². The molecule has 1 aliphatic heterocycles. The van der Waals surface area contributed by atoms with E-state index in [2.05, 4.69) is 5.32 Å². The normalized spacial score (nSPS) is 17.0. The summed E-state index contributed by atoms with van der Waals surface area (Å²) in [4.78, 5) is 21.2. The Morgan fingerprint density at radius 1 is 1.00 bits per heavy atom. The van der Waals surface area contributed by atoms with Crippen LogP contribution in [0.4, 0.5) is 0 Å². The molecule has 1 N–H and O–H groups in total. The predicted molar refractivity (Wildman–Crippen MR) is 38.7 cm³/mol. The van der Waals surface area contributed by atoms with Crippen molar-refractivity contribution >= 4 is 63.2 Å². The molecular weight excluding hydrogens is 157 g/mol. The molecule has 0 atom stereocenters. The van der Waals surface area contributed by atoms with Gasteiger partial charge in [0.25, 0.3) is 11.8 Å². The second-order valence-electron chi connectivity index (χ2n) is 2.03. The van der Waals surface area contributed by atoms with Crippen LogP contribution in [0.3, 0.4) is 0 Å². The number of amides is 2. The molecule has 0 aliphatic carbocycles. The molecule has 2 amide bonds. The zero-order valence-corrected chi connectivity index (χ0v) is 5.32. The van der Waals surface area contributed by atoms with E-state index in [0.717, 1.165) is 0 Å². The number of nitrogens with one attached hydrogen (secondary N) is 1. The van der Waals surface area contributed by atoms with Gasteiger partial charge in [0.05, 0.1) is 0 Å². The SMILES string of the molecule is CC1=C(C)C(=O)NC1=O.[KH]. The number of carbonyl (C=O) groups excluding carboxylic acids is 2. The van der Waals surface area contributed by atoms with Gasteiger partial charge in [-0.05, 0) is 13.8 Å². The summed E-state index contributed by atoms with van der Waals surface area (Å²) in [6, 6.07) is 0. The van der Waals surface area contributed by atoms with Crippen molar-refractivity contribution in [2.75, 3.05) is 0 Å². The molecule has 10 heavy (non-hydrogen) atoms. The van der Waals surface area contributed by atoms with Gasteiger partial charge in [-0.25, -0.2) is 0 Å². The van der Waals surface area contributed by atoms with Gasteiger partial charge in [0.1, 0.15) is 0 Å². The van der Waals surface area contributed by atoms with Crippen molar-refractivity contribution in [3.63, 3.8) is 0 Å². The molecule has 0 aromatic carbocycles. The van der Waals surface area contributed by atoms with Gasteiger partial charge < -0.3 is 0 Å². The first-order valence-corrected chi connectivity index (χ1v) is 2.66. The van der Waals surface area contributed by atoms with E-state index < -0.39 is 0 Å². The fourth-order valence-electron chi connectivity index (χ4n) is 0.631. The van der Waals surface area contributed by atoms with E-state index >= 15 is 0 Å². The van der Waals surface area contributed by atoms with Crippen LogP contribution >= 0.6 is 0 Å². The summed E-state index contributed by atoms with van der Waals surface area (Å²) in [5.41, 5.74) is 1.06. The molecule has 0 unspecified atom stereocenters. The van der Waals surface area contributed by atoms with Crippen LogP contribution in [0.5, 0.6) is 0 Å². The first-order valence-electron chi connectivity index (χ1n) is 2.66. The molecule has 3 nitrogen and oxygen atoms in total. The molecule has 0 radical (unpaired) electrons. The third-order valence-electron chi connectivity index (χ3n) is 1.47. The van der Waals surface area contributed by atoms with Crippen LogP contribution in [-0.2, 0) is 9.59 Å². The van der Waals surface area contributed by atoms with Gasteiger partial charge in [-0.3, -0.25) is 14.9 Å². The number of carbonyl (C=O) groups is 2. The van der Waals surface area contributed by atoms with Gasteiger partial charge in [0, 0.05) is 11.1 Å². The number of rotatable bonds is 0. The van der Waals surface area contributed by atoms with Crippen molar-refractivity contribution in [2.24, 2.45) is 0 Å². The molecule has 1 heterocycles. The maximum absolute atomic E-state index is 10.6. The predicted octanol–water partition coefficient (Wildman–Crippen LogP) is -0.669. The van der Waals surface area contributed by atoms with E-state index in [9.17, 15) is 9.59 Å². The van der Waals surface area contributed by atoms with Crippen LogP contribution in [0, 0.1) is 0 Å². The van der Waals surface area contributed by atoms with E-state index in [-0.39, 0.29) is 63.2 Å². The Bertz CT molecular complexity index is 198. The Kier molecular flexibility index (Phi) is 3.97. The molecule has 4 heteroatoms. The Hall–Kier alpha value is 0.516. The summed E-state index contributed by atoms with van der Waals surface area (Å²) in [6.45, 7) is 3.27. The fourth-order valence-corrected chi connectivity index (χ4v) is 0.631. The molecule has 1 rings (SSSR count). The van der Waals surface area contributed by atoms with Crippen molar-refractivity contribution < 1.29 is 9.59 Å². The molecule has 0 saturated carbocycles. The Morgan fingerprint density at radius 3 is 1.40 bits per heavy atom. The zero-order chi connectivity index (χ0) is 7.02. The molecule has 0 saturated heterocycles. The molecule has 0 spiro atoms. The summed E-state index contributed by atoms with van der Waals surface area (Å²) < 4.78 is 0. The summed E-state index contributed by atoms with van der Waals surface area (Å²) in [7, 11) is 0. The van der Waals surface area contributed by atoms with Crippen molar-refractivity contribution in [1.82, 2.24) is 5.32 Å². The molecule has 1 aliphatic rings. The van der Waals surface area contributed by atoms with Gasteiger partial charge in [-0.1, -0.05) is 0 Å². The third-order valence-corrected chi connectivity index (χ3v) is 1.47. The van der Waals surface area contributed by atoms with Crippen LogP contribution in [-0.4, -0.2) is 63.2 Å². The summed E-state index contributed by atoms with van der Waals surface area (Å²) in [5, 5.41) is 2.16. The van der Waals surface area contributed by atoms with Gasteiger partial charge in [-0.15, -0.1) is 0 Å². The Labute approximate surface area is 102 Å². The van der Waals surface area contributed by atoms with Gasteiger partial charge in [0.15, 0.2) is 0 Å². The number of imide groups is 1.